The van der Waals surface area contributed by atoms with Crippen LogP contribution in [0.5, 0.6) is 0 Å². The number of hydrogen-bond donors (Lipinski definition) is 1. The molecule has 0 spiro atoms. The van der Waals surface area contributed by atoms with Crippen LogP contribution < -0.4 is 9.62 Å². The van der Waals surface area contributed by atoms with Gasteiger partial charge in [0.25, 0.3) is 10.0 Å². The number of amides is 2. The number of hydrogen-bond acceptors (Lipinski definition) is 4. The van der Waals surface area contributed by atoms with Crippen molar-refractivity contribution in [3.8, 4) is 0 Å². The van der Waals surface area contributed by atoms with E-state index in [1.807, 2.05) is 71.9 Å². The Bertz CT molecular complexity index is 1400. The van der Waals surface area contributed by atoms with Crippen molar-refractivity contribution in [1.29, 1.82) is 0 Å². The van der Waals surface area contributed by atoms with E-state index in [9.17, 15) is 18.0 Å². The van der Waals surface area contributed by atoms with Gasteiger partial charge in [0, 0.05) is 13.1 Å². The van der Waals surface area contributed by atoms with Crippen molar-refractivity contribution in [2.75, 3.05) is 17.4 Å². The van der Waals surface area contributed by atoms with E-state index >= 15 is 0 Å². The summed E-state index contributed by atoms with van der Waals surface area (Å²) in [6.45, 7) is 11.8. The minimum Gasteiger partial charge on any atom is -0.354 e. The normalized spacial score (nSPS) is 12.2. The zero-order chi connectivity index (χ0) is 29.4. The topological polar surface area (TPSA) is 86.8 Å². The van der Waals surface area contributed by atoms with Gasteiger partial charge in [0.1, 0.15) is 12.6 Å². The van der Waals surface area contributed by atoms with Crippen LogP contribution in [-0.2, 0) is 26.2 Å². The third-order valence-corrected chi connectivity index (χ3v) is 8.40. The molecule has 0 unspecified atom stereocenters. The predicted molar refractivity (Wildman–Crippen MR) is 161 cm³/mol. The van der Waals surface area contributed by atoms with Gasteiger partial charge in [0.2, 0.25) is 11.8 Å². The summed E-state index contributed by atoms with van der Waals surface area (Å²) >= 11 is 0. The Hall–Kier alpha value is -3.65. The molecular weight excluding hydrogens is 522 g/mol. The van der Waals surface area contributed by atoms with Crippen molar-refractivity contribution in [3.05, 3.63) is 95.1 Å². The molecule has 2 amide bonds. The van der Waals surface area contributed by atoms with Crippen molar-refractivity contribution in [2.24, 2.45) is 5.92 Å². The highest BCUT2D eigenvalue weighted by atomic mass is 32.2. The predicted octanol–water partition coefficient (Wildman–Crippen LogP) is 5.39. The van der Waals surface area contributed by atoms with Crippen LogP contribution in [0.25, 0.3) is 0 Å². The van der Waals surface area contributed by atoms with Gasteiger partial charge in [-0.3, -0.25) is 13.9 Å². The zero-order valence-corrected chi connectivity index (χ0v) is 25.2. The fourth-order valence-electron chi connectivity index (χ4n) is 4.69. The van der Waals surface area contributed by atoms with E-state index < -0.39 is 28.5 Å². The first kappa shape index (κ1) is 30.9. The van der Waals surface area contributed by atoms with Gasteiger partial charge < -0.3 is 10.2 Å². The van der Waals surface area contributed by atoms with E-state index in [1.54, 1.807) is 30.3 Å². The van der Waals surface area contributed by atoms with E-state index in [0.29, 0.717) is 18.7 Å². The first-order chi connectivity index (χ1) is 18.9. The maximum absolute atomic E-state index is 14.1. The highest BCUT2D eigenvalue weighted by Crippen LogP contribution is 2.27. The Morgan fingerprint density at radius 1 is 0.850 bits per heavy atom. The summed E-state index contributed by atoms with van der Waals surface area (Å²) in [4.78, 5) is 29.1. The van der Waals surface area contributed by atoms with Gasteiger partial charge in [-0.1, -0.05) is 74.9 Å². The molecule has 0 fully saturated rings. The lowest BCUT2D eigenvalue weighted by molar-refractivity contribution is -0.140. The molecule has 0 aromatic heterocycles. The average molecular weight is 564 g/mol. The van der Waals surface area contributed by atoms with Crippen LogP contribution >= 0.6 is 0 Å². The standard InChI is InChI=1S/C32H41N3O4S/c1-7-30(32(37)33-20-23(2)3)34(21-27-13-11-12-24(4)17-27)31(36)22-35(28-18-25(5)16-26(6)19-28)40(38,39)29-14-9-8-10-15-29/h8-19,23,30H,7,20-22H2,1-6H3,(H,33,37)/t30-/m0/s1. The smallest absolute Gasteiger partial charge is 0.264 e. The molecule has 0 saturated carbocycles. The lowest BCUT2D eigenvalue weighted by atomic mass is 10.1. The van der Waals surface area contributed by atoms with Gasteiger partial charge >= 0.3 is 0 Å². The molecule has 0 aliphatic rings. The molecule has 0 heterocycles. The first-order valence-corrected chi connectivity index (χ1v) is 15.1. The number of carbonyl (C=O) groups excluding carboxylic acids is 2. The number of aryl methyl sites for hydroxylation is 3. The summed E-state index contributed by atoms with van der Waals surface area (Å²) in [6, 6.07) is 20.6. The van der Waals surface area contributed by atoms with Crippen LogP contribution in [0, 0.1) is 26.7 Å². The third kappa shape index (κ3) is 7.94. The van der Waals surface area contributed by atoms with E-state index in [2.05, 4.69) is 5.32 Å². The zero-order valence-electron chi connectivity index (χ0n) is 24.3. The Balaban J connectivity index is 2.07. The molecule has 0 aliphatic carbocycles. The van der Waals surface area contributed by atoms with Gasteiger partial charge in [-0.05, 0) is 74.1 Å². The third-order valence-electron chi connectivity index (χ3n) is 6.61. The summed E-state index contributed by atoms with van der Waals surface area (Å²) in [5, 5.41) is 2.96. The lowest BCUT2D eigenvalue weighted by Gasteiger charge is -2.33. The van der Waals surface area contributed by atoms with Crippen molar-refractivity contribution < 1.29 is 18.0 Å². The highest BCUT2D eigenvalue weighted by Gasteiger charge is 2.33. The molecule has 0 radical (unpaired) electrons. The number of sulfonamides is 1. The number of carbonyl (C=O) groups is 2. The second-order valence-electron chi connectivity index (χ2n) is 10.7. The Kier molecular flexibility index (Phi) is 10.5. The Morgan fingerprint density at radius 2 is 1.50 bits per heavy atom. The summed E-state index contributed by atoms with van der Waals surface area (Å²) in [6.07, 6.45) is 0.385. The molecule has 3 aromatic rings. The maximum Gasteiger partial charge on any atom is 0.264 e. The minimum absolute atomic E-state index is 0.0916. The van der Waals surface area contributed by atoms with Gasteiger partial charge in [0.15, 0.2) is 0 Å². The van der Waals surface area contributed by atoms with Gasteiger partial charge in [-0.2, -0.15) is 0 Å². The van der Waals surface area contributed by atoms with Crippen LogP contribution in [0.15, 0.2) is 77.7 Å². The van der Waals surface area contributed by atoms with Crippen molar-refractivity contribution in [2.45, 2.75) is 65.4 Å². The quantitative estimate of drug-likeness (QED) is 0.320. The van der Waals surface area contributed by atoms with Gasteiger partial charge in [0.05, 0.1) is 10.6 Å². The highest BCUT2D eigenvalue weighted by molar-refractivity contribution is 7.92. The molecule has 1 N–H and O–H groups in total. The number of nitrogens with one attached hydrogen (secondary N) is 1. The monoisotopic (exact) mass is 563 g/mol. The van der Waals surface area contributed by atoms with Gasteiger partial charge in [-0.15, -0.1) is 0 Å². The van der Waals surface area contributed by atoms with Crippen LogP contribution in [-0.4, -0.2) is 44.3 Å². The Labute approximate surface area is 239 Å². The molecule has 40 heavy (non-hydrogen) atoms. The molecule has 7 nitrogen and oxygen atoms in total. The van der Waals surface area contributed by atoms with E-state index in [1.165, 1.54) is 17.0 Å². The van der Waals surface area contributed by atoms with E-state index in [-0.39, 0.29) is 23.3 Å². The van der Waals surface area contributed by atoms with Crippen LogP contribution in [0.4, 0.5) is 5.69 Å². The molecule has 0 saturated heterocycles. The summed E-state index contributed by atoms with van der Waals surface area (Å²) < 4.78 is 29.0. The van der Waals surface area contributed by atoms with E-state index in [4.69, 9.17) is 0 Å². The lowest BCUT2D eigenvalue weighted by Crippen LogP contribution is -2.52. The number of nitrogens with zero attached hydrogens (tertiary/aromatic N) is 2. The molecule has 0 aliphatic heterocycles. The fraction of sp³-hybridized carbons (Fsp3) is 0.375. The molecule has 3 aromatic carbocycles. The molecule has 214 valence electrons. The number of anilines is 1. The van der Waals surface area contributed by atoms with Crippen molar-refractivity contribution in [3.63, 3.8) is 0 Å². The second-order valence-corrected chi connectivity index (χ2v) is 12.6. The van der Waals surface area contributed by atoms with Crippen LogP contribution in [0.1, 0.15) is 49.4 Å². The van der Waals surface area contributed by atoms with E-state index in [0.717, 1.165) is 26.6 Å². The fourth-order valence-corrected chi connectivity index (χ4v) is 6.11. The van der Waals surface area contributed by atoms with Crippen LogP contribution in [0.3, 0.4) is 0 Å². The maximum atomic E-state index is 14.1. The largest absolute Gasteiger partial charge is 0.354 e. The van der Waals surface area contributed by atoms with Crippen LogP contribution in [0.2, 0.25) is 0 Å². The summed E-state index contributed by atoms with van der Waals surface area (Å²) in [7, 11) is -4.08. The summed E-state index contributed by atoms with van der Waals surface area (Å²) in [5.41, 5.74) is 4.07. The first-order valence-electron chi connectivity index (χ1n) is 13.7. The number of benzene rings is 3. The summed E-state index contributed by atoms with van der Waals surface area (Å²) in [5.74, 6) is -0.453. The molecule has 8 heteroatoms. The molecule has 0 bridgehead atoms. The molecular formula is C32H41N3O4S. The second kappa shape index (κ2) is 13.6. The van der Waals surface area contributed by atoms with Gasteiger partial charge in [-0.25, -0.2) is 8.42 Å². The SMILES string of the molecule is CC[C@@H](C(=O)NCC(C)C)N(Cc1cccc(C)c1)C(=O)CN(c1cc(C)cc(C)c1)S(=O)(=O)c1ccccc1. The number of rotatable bonds is 12. The molecule has 1 atom stereocenters. The average Bonchev–Trinajstić information content (AvgIpc) is 2.90. The minimum atomic E-state index is -4.08. The molecule has 3 rings (SSSR count). The van der Waals surface area contributed by atoms with Crippen molar-refractivity contribution >= 4 is 27.5 Å². The Morgan fingerprint density at radius 3 is 2.08 bits per heavy atom. The van der Waals surface area contributed by atoms with Crippen molar-refractivity contribution in [1.82, 2.24) is 10.2 Å².